The Hall–Kier alpha value is -2.58. The maximum absolute atomic E-state index is 13.2. The molecule has 0 bridgehead atoms. The van der Waals surface area contributed by atoms with Crippen LogP contribution in [0.25, 0.3) is 0 Å². The van der Waals surface area contributed by atoms with E-state index in [1.165, 1.54) is 11.4 Å². The number of sulfonamides is 1. The second kappa shape index (κ2) is 8.20. The van der Waals surface area contributed by atoms with Crippen LogP contribution < -0.4 is 14.4 Å². The largest absolute Gasteiger partial charge is 0.495 e. The minimum absolute atomic E-state index is 0.0621. The van der Waals surface area contributed by atoms with E-state index < -0.39 is 10.0 Å². The van der Waals surface area contributed by atoms with Crippen LogP contribution in [0.3, 0.4) is 0 Å². The first-order chi connectivity index (χ1) is 13.4. The lowest BCUT2D eigenvalue weighted by atomic mass is 10.2. The fraction of sp³-hybridized carbons (Fsp3) is 0.350. The number of benzene rings is 2. The second-order valence-corrected chi connectivity index (χ2v) is 8.35. The van der Waals surface area contributed by atoms with Gasteiger partial charge in [0.1, 0.15) is 23.0 Å². The average molecular weight is 404 g/mol. The molecule has 0 radical (unpaired) electrons. The van der Waals surface area contributed by atoms with Gasteiger partial charge in [-0.3, -0.25) is 4.79 Å². The number of hydrogen-bond donors (Lipinski definition) is 0. The van der Waals surface area contributed by atoms with Crippen LogP contribution in [-0.4, -0.2) is 52.0 Å². The molecule has 0 saturated heterocycles. The van der Waals surface area contributed by atoms with Gasteiger partial charge in [-0.2, -0.15) is 4.31 Å². The third-order valence-electron chi connectivity index (χ3n) is 4.63. The quantitative estimate of drug-likeness (QED) is 0.739. The fourth-order valence-electron chi connectivity index (χ4n) is 3.16. The molecule has 2 aromatic rings. The number of carbonyl (C=O) groups excluding carboxylic acids is 1. The van der Waals surface area contributed by atoms with Gasteiger partial charge in [-0.25, -0.2) is 8.42 Å². The van der Waals surface area contributed by atoms with Crippen molar-refractivity contribution in [3.05, 3.63) is 48.0 Å². The van der Waals surface area contributed by atoms with Gasteiger partial charge in [-0.1, -0.05) is 25.1 Å². The van der Waals surface area contributed by atoms with E-state index in [9.17, 15) is 13.2 Å². The molecule has 0 spiro atoms. The molecular weight excluding hydrogens is 380 g/mol. The van der Waals surface area contributed by atoms with Crippen molar-refractivity contribution in [2.45, 2.75) is 18.7 Å². The van der Waals surface area contributed by atoms with Crippen molar-refractivity contribution in [1.29, 1.82) is 0 Å². The summed E-state index contributed by atoms with van der Waals surface area (Å²) in [4.78, 5) is 14.6. The SMILES string of the molecule is CCN(CC(=O)N1CCOc2ccccc21)S(=O)(=O)c1cc(C)ccc1OC. The van der Waals surface area contributed by atoms with Crippen molar-refractivity contribution in [3.63, 3.8) is 0 Å². The number of para-hydroxylation sites is 2. The van der Waals surface area contributed by atoms with Crippen molar-refractivity contribution < 1.29 is 22.7 Å². The lowest BCUT2D eigenvalue weighted by molar-refractivity contribution is -0.119. The van der Waals surface area contributed by atoms with E-state index in [-0.39, 0.29) is 29.6 Å². The van der Waals surface area contributed by atoms with Crippen LogP contribution in [0.15, 0.2) is 47.4 Å². The third kappa shape index (κ3) is 3.83. The molecule has 1 amide bonds. The minimum Gasteiger partial charge on any atom is -0.495 e. The summed E-state index contributed by atoms with van der Waals surface area (Å²) in [6.07, 6.45) is 0. The molecule has 0 N–H and O–H groups in total. The first-order valence-electron chi connectivity index (χ1n) is 9.05. The maximum Gasteiger partial charge on any atom is 0.247 e. The Bertz CT molecular complexity index is 974. The highest BCUT2D eigenvalue weighted by Gasteiger charge is 2.31. The van der Waals surface area contributed by atoms with E-state index in [2.05, 4.69) is 0 Å². The van der Waals surface area contributed by atoms with E-state index in [0.717, 1.165) is 5.56 Å². The number of amides is 1. The van der Waals surface area contributed by atoms with Gasteiger partial charge >= 0.3 is 0 Å². The summed E-state index contributed by atoms with van der Waals surface area (Å²) in [6, 6.07) is 12.2. The predicted octanol–water partition coefficient (Wildman–Crippen LogP) is 2.44. The Balaban J connectivity index is 1.89. The predicted molar refractivity (Wildman–Crippen MR) is 106 cm³/mol. The highest BCUT2D eigenvalue weighted by Crippen LogP contribution is 2.32. The van der Waals surface area contributed by atoms with Crippen LogP contribution in [0.2, 0.25) is 0 Å². The number of hydrogen-bond acceptors (Lipinski definition) is 5. The number of nitrogens with zero attached hydrogens (tertiary/aromatic N) is 2. The van der Waals surface area contributed by atoms with Crippen molar-refractivity contribution in [2.75, 3.05) is 38.3 Å². The Morgan fingerprint density at radius 2 is 2.00 bits per heavy atom. The van der Waals surface area contributed by atoms with E-state index in [0.29, 0.717) is 24.6 Å². The van der Waals surface area contributed by atoms with Crippen molar-refractivity contribution >= 4 is 21.6 Å². The standard InChI is InChI=1S/C20H24N2O5S/c1-4-21(28(24,25)19-13-15(2)9-10-18(19)26-3)14-20(23)22-11-12-27-17-8-6-5-7-16(17)22/h5-10,13H,4,11-12,14H2,1-3H3. The zero-order chi connectivity index (χ0) is 20.3. The number of methoxy groups -OCH3 is 1. The molecule has 2 aromatic carbocycles. The van der Waals surface area contributed by atoms with Crippen LogP contribution in [0.1, 0.15) is 12.5 Å². The van der Waals surface area contributed by atoms with Gasteiger partial charge in [-0.15, -0.1) is 0 Å². The van der Waals surface area contributed by atoms with Crippen LogP contribution in [-0.2, 0) is 14.8 Å². The number of carbonyl (C=O) groups is 1. The number of ether oxygens (including phenoxy) is 2. The second-order valence-electron chi connectivity index (χ2n) is 6.45. The summed E-state index contributed by atoms with van der Waals surface area (Å²) < 4.78 is 38.4. The molecular formula is C20H24N2O5S. The Morgan fingerprint density at radius 1 is 1.25 bits per heavy atom. The molecule has 1 aliphatic heterocycles. The normalized spacial score (nSPS) is 13.8. The van der Waals surface area contributed by atoms with E-state index in [1.807, 2.05) is 19.1 Å². The number of aryl methyl sites for hydroxylation is 1. The number of likely N-dealkylation sites (N-methyl/N-ethyl adjacent to an activating group) is 1. The van der Waals surface area contributed by atoms with Crippen molar-refractivity contribution in [2.24, 2.45) is 0 Å². The van der Waals surface area contributed by atoms with Crippen molar-refractivity contribution in [3.8, 4) is 11.5 Å². The number of fused-ring (bicyclic) bond motifs is 1. The summed E-state index contributed by atoms with van der Waals surface area (Å²) in [7, 11) is -2.47. The van der Waals surface area contributed by atoms with Gasteiger partial charge in [-0.05, 0) is 36.8 Å². The van der Waals surface area contributed by atoms with Gasteiger partial charge in [0.25, 0.3) is 0 Å². The highest BCUT2D eigenvalue weighted by molar-refractivity contribution is 7.89. The zero-order valence-electron chi connectivity index (χ0n) is 16.2. The van der Waals surface area contributed by atoms with Crippen LogP contribution in [0.4, 0.5) is 5.69 Å². The topological polar surface area (TPSA) is 76.2 Å². The molecule has 0 aromatic heterocycles. The number of rotatable bonds is 6. The molecule has 8 heteroatoms. The summed E-state index contributed by atoms with van der Waals surface area (Å²) in [6.45, 7) is 4.17. The smallest absolute Gasteiger partial charge is 0.247 e. The molecule has 28 heavy (non-hydrogen) atoms. The molecule has 7 nitrogen and oxygen atoms in total. The van der Waals surface area contributed by atoms with Crippen molar-refractivity contribution in [1.82, 2.24) is 4.31 Å². The molecule has 0 fully saturated rings. The van der Waals surface area contributed by atoms with E-state index in [4.69, 9.17) is 9.47 Å². The summed E-state index contributed by atoms with van der Waals surface area (Å²) in [5.74, 6) is 0.578. The van der Waals surface area contributed by atoms with Crippen LogP contribution in [0.5, 0.6) is 11.5 Å². The monoisotopic (exact) mass is 404 g/mol. The molecule has 0 atom stereocenters. The van der Waals surface area contributed by atoms with Crippen LogP contribution >= 0.6 is 0 Å². The zero-order valence-corrected chi connectivity index (χ0v) is 17.0. The lowest BCUT2D eigenvalue weighted by Gasteiger charge is -2.31. The maximum atomic E-state index is 13.2. The van der Waals surface area contributed by atoms with Gasteiger partial charge < -0.3 is 14.4 Å². The molecule has 0 saturated carbocycles. The highest BCUT2D eigenvalue weighted by atomic mass is 32.2. The average Bonchev–Trinajstić information content (AvgIpc) is 2.71. The first-order valence-corrected chi connectivity index (χ1v) is 10.5. The third-order valence-corrected chi connectivity index (χ3v) is 6.57. The molecule has 1 aliphatic rings. The van der Waals surface area contributed by atoms with E-state index in [1.54, 1.807) is 42.2 Å². The Labute approximate surface area is 165 Å². The molecule has 150 valence electrons. The van der Waals surface area contributed by atoms with Gasteiger partial charge in [0.15, 0.2) is 0 Å². The Kier molecular flexibility index (Phi) is 5.90. The molecule has 0 unspecified atom stereocenters. The van der Waals surface area contributed by atoms with Gasteiger partial charge in [0, 0.05) is 6.54 Å². The van der Waals surface area contributed by atoms with Gasteiger partial charge in [0.05, 0.1) is 25.9 Å². The number of anilines is 1. The molecule has 0 aliphatic carbocycles. The van der Waals surface area contributed by atoms with E-state index >= 15 is 0 Å². The Morgan fingerprint density at radius 3 is 2.71 bits per heavy atom. The lowest BCUT2D eigenvalue weighted by Crippen LogP contribution is -2.45. The van der Waals surface area contributed by atoms with Crippen LogP contribution in [0, 0.1) is 6.92 Å². The summed E-state index contributed by atoms with van der Waals surface area (Å²) >= 11 is 0. The van der Waals surface area contributed by atoms with Gasteiger partial charge in [0.2, 0.25) is 15.9 Å². The first kappa shape index (κ1) is 20.2. The fourth-order valence-corrected chi connectivity index (χ4v) is 4.80. The minimum atomic E-state index is -3.90. The molecule has 1 heterocycles. The summed E-state index contributed by atoms with van der Waals surface area (Å²) in [5.41, 5.74) is 1.45. The summed E-state index contributed by atoms with van der Waals surface area (Å²) in [5, 5.41) is 0. The molecule has 3 rings (SSSR count).